The molecule has 2 amide bonds. The zero-order chi connectivity index (χ0) is 18.4. The van der Waals surface area contributed by atoms with E-state index >= 15 is 0 Å². The summed E-state index contributed by atoms with van der Waals surface area (Å²) in [6.07, 6.45) is 2.04. The van der Waals surface area contributed by atoms with Crippen LogP contribution < -0.4 is 5.73 Å². The molecule has 0 saturated carbocycles. The van der Waals surface area contributed by atoms with Crippen LogP contribution in [0.2, 0.25) is 0 Å². The zero-order valence-electron chi connectivity index (χ0n) is 14.9. The molecule has 0 aliphatic carbocycles. The first-order valence-electron chi connectivity index (χ1n) is 9.10. The maximum absolute atomic E-state index is 12.7. The minimum atomic E-state index is -0.0540. The second kappa shape index (κ2) is 8.52. The Labute approximate surface area is 154 Å². The van der Waals surface area contributed by atoms with E-state index in [1.165, 1.54) is 5.56 Å². The van der Waals surface area contributed by atoms with Gasteiger partial charge in [0.25, 0.3) is 5.91 Å². The van der Waals surface area contributed by atoms with Gasteiger partial charge in [0.05, 0.1) is 5.56 Å². The summed E-state index contributed by atoms with van der Waals surface area (Å²) in [6.45, 7) is 2.47. The fraction of sp³-hybridized carbons (Fsp3) is 0.333. The van der Waals surface area contributed by atoms with Crippen molar-refractivity contribution in [1.82, 2.24) is 9.80 Å². The molecule has 0 spiro atoms. The highest BCUT2D eigenvalue weighted by atomic mass is 16.2. The van der Waals surface area contributed by atoms with Crippen LogP contribution in [0, 0.1) is 0 Å². The lowest BCUT2D eigenvalue weighted by molar-refractivity contribution is -0.131. The molecule has 3 rings (SSSR count). The molecule has 1 aliphatic heterocycles. The first-order chi connectivity index (χ1) is 12.6. The first-order valence-corrected chi connectivity index (χ1v) is 9.10. The average Bonchev–Trinajstić information content (AvgIpc) is 2.93. The van der Waals surface area contributed by atoms with Crippen molar-refractivity contribution in [2.24, 2.45) is 0 Å². The number of nitrogens with zero attached hydrogens (tertiary/aromatic N) is 2. The SMILES string of the molecule is Nc1ccccc1C(=O)N1CCCN(C(=O)CCc2ccccc2)CC1. The monoisotopic (exact) mass is 351 g/mol. The number of hydrogen-bond donors (Lipinski definition) is 1. The lowest BCUT2D eigenvalue weighted by Crippen LogP contribution is -2.37. The van der Waals surface area contributed by atoms with Crippen LogP contribution in [0.15, 0.2) is 54.6 Å². The third-order valence-electron chi connectivity index (χ3n) is 4.80. The van der Waals surface area contributed by atoms with Crippen LogP contribution in [0.4, 0.5) is 5.69 Å². The Balaban J connectivity index is 1.55. The van der Waals surface area contributed by atoms with Gasteiger partial charge in [-0.1, -0.05) is 42.5 Å². The summed E-state index contributed by atoms with van der Waals surface area (Å²) in [5.74, 6) is 0.101. The van der Waals surface area contributed by atoms with Crippen LogP contribution in [-0.2, 0) is 11.2 Å². The van der Waals surface area contributed by atoms with E-state index < -0.39 is 0 Å². The number of amides is 2. The summed E-state index contributed by atoms with van der Waals surface area (Å²) in [5.41, 5.74) is 8.13. The molecule has 0 unspecified atom stereocenters. The molecule has 2 aromatic rings. The van der Waals surface area contributed by atoms with E-state index in [0.717, 1.165) is 12.8 Å². The van der Waals surface area contributed by atoms with Crippen molar-refractivity contribution in [2.45, 2.75) is 19.3 Å². The van der Waals surface area contributed by atoms with Crippen LogP contribution in [0.3, 0.4) is 0 Å². The van der Waals surface area contributed by atoms with Gasteiger partial charge in [-0.05, 0) is 30.5 Å². The Kier molecular flexibility index (Phi) is 5.89. The van der Waals surface area contributed by atoms with Gasteiger partial charge in [-0.15, -0.1) is 0 Å². The van der Waals surface area contributed by atoms with Gasteiger partial charge in [0.1, 0.15) is 0 Å². The standard InChI is InChI=1S/C21H25N3O2/c22-19-10-5-4-9-18(19)21(26)24-14-6-13-23(15-16-24)20(25)12-11-17-7-2-1-3-8-17/h1-5,7-10H,6,11-16,22H2. The van der Waals surface area contributed by atoms with Crippen molar-refractivity contribution in [1.29, 1.82) is 0 Å². The largest absolute Gasteiger partial charge is 0.398 e. The second-order valence-electron chi connectivity index (χ2n) is 6.60. The molecule has 1 aliphatic rings. The molecule has 0 aromatic heterocycles. The third kappa shape index (κ3) is 4.42. The van der Waals surface area contributed by atoms with Crippen LogP contribution in [0.5, 0.6) is 0 Å². The molecule has 2 aromatic carbocycles. The molecule has 0 bridgehead atoms. The Hall–Kier alpha value is -2.82. The normalized spacial score (nSPS) is 14.8. The number of hydrogen-bond acceptors (Lipinski definition) is 3. The van der Waals surface area contributed by atoms with Gasteiger partial charge < -0.3 is 15.5 Å². The van der Waals surface area contributed by atoms with Crippen molar-refractivity contribution in [3.05, 3.63) is 65.7 Å². The number of benzene rings is 2. The van der Waals surface area contributed by atoms with Crippen molar-refractivity contribution in [3.8, 4) is 0 Å². The maximum atomic E-state index is 12.7. The molecule has 0 atom stereocenters. The quantitative estimate of drug-likeness (QED) is 0.861. The molecule has 2 N–H and O–H groups in total. The summed E-state index contributed by atoms with van der Waals surface area (Å²) in [5, 5.41) is 0. The van der Waals surface area contributed by atoms with E-state index in [0.29, 0.717) is 43.9 Å². The first kappa shape index (κ1) is 18.0. The van der Waals surface area contributed by atoms with E-state index in [1.807, 2.05) is 47.4 Å². The minimum Gasteiger partial charge on any atom is -0.398 e. The van der Waals surface area contributed by atoms with E-state index in [9.17, 15) is 9.59 Å². The van der Waals surface area contributed by atoms with Gasteiger partial charge in [0.2, 0.25) is 5.91 Å². The van der Waals surface area contributed by atoms with Crippen molar-refractivity contribution < 1.29 is 9.59 Å². The maximum Gasteiger partial charge on any atom is 0.256 e. The molecule has 1 saturated heterocycles. The Morgan fingerprint density at radius 2 is 1.50 bits per heavy atom. The van der Waals surface area contributed by atoms with Crippen LogP contribution >= 0.6 is 0 Å². The number of anilines is 1. The molecule has 5 heteroatoms. The smallest absolute Gasteiger partial charge is 0.256 e. The summed E-state index contributed by atoms with van der Waals surface area (Å²) >= 11 is 0. The highest BCUT2D eigenvalue weighted by Crippen LogP contribution is 2.16. The van der Waals surface area contributed by atoms with Gasteiger partial charge in [-0.3, -0.25) is 9.59 Å². The predicted molar refractivity (Wildman–Crippen MR) is 103 cm³/mol. The van der Waals surface area contributed by atoms with Gasteiger partial charge in [0, 0.05) is 38.3 Å². The van der Waals surface area contributed by atoms with Crippen molar-refractivity contribution in [2.75, 3.05) is 31.9 Å². The number of para-hydroxylation sites is 1. The lowest BCUT2D eigenvalue weighted by atomic mass is 10.1. The number of carbonyl (C=O) groups is 2. The number of rotatable bonds is 4. The number of nitrogen functional groups attached to an aromatic ring is 1. The fourth-order valence-corrected chi connectivity index (χ4v) is 3.29. The number of carbonyl (C=O) groups excluding carboxylic acids is 2. The van der Waals surface area contributed by atoms with Gasteiger partial charge in [-0.2, -0.15) is 0 Å². The zero-order valence-corrected chi connectivity index (χ0v) is 14.9. The highest BCUT2D eigenvalue weighted by molar-refractivity contribution is 5.99. The summed E-state index contributed by atoms with van der Waals surface area (Å²) in [6, 6.07) is 17.2. The molecular weight excluding hydrogens is 326 g/mol. The molecule has 0 radical (unpaired) electrons. The van der Waals surface area contributed by atoms with E-state index in [4.69, 9.17) is 5.73 Å². The third-order valence-corrected chi connectivity index (χ3v) is 4.80. The van der Waals surface area contributed by atoms with Crippen molar-refractivity contribution >= 4 is 17.5 Å². The minimum absolute atomic E-state index is 0.0540. The molecule has 136 valence electrons. The molecular formula is C21H25N3O2. The van der Waals surface area contributed by atoms with E-state index in [1.54, 1.807) is 17.0 Å². The predicted octanol–water partition coefficient (Wildman–Crippen LogP) is 2.58. The van der Waals surface area contributed by atoms with Crippen LogP contribution in [0.1, 0.15) is 28.8 Å². The fourth-order valence-electron chi connectivity index (χ4n) is 3.29. The van der Waals surface area contributed by atoms with Gasteiger partial charge >= 0.3 is 0 Å². The summed E-state index contributed by atoms with van der Waals surface area (Å²) < 4.78 is 0. The Bertz CT molecular complexity index is 761. The topological polar surface area (TPSA) is 66.6 Å². The van der Waals surface area contributed by atoms with Crippen molar-refractivity contribution in [3.63, 3.8) is 0 Å². The average molecular weight is 351 g/mol. The highest BCUT2D eigenvalue weighted by Gasteiger charge is 2.23. The number of aryl methyl sites for hydroxylation is 1. The van der Waals surface area contributed by atoms with Gasteiger partial charge in [0.15, 0.2) is 0 Å². The van der Waals surface area contributed by atoms with Crippen LogP contribution in [0.25, 0.3) is 0 Å². The molecule has 5 nitrogen and oxygen atoms in total. The summed E-state index contributed by atoms with van der Waals surface area (Å²) in [7, 11) is 0. The van der Waals surface area contributed by atoms with Crippen LogP contribution in [-0.4, -0.2) is 47.8 Å². The number of nitrogens with two attached hydrogens (primary N) is 1. The molecule has 26 heavy (non-hydrogen) atoms. The molecule has 1 fully saturated rings. The van der Waals surface area contributed by atoms with E-state index in [2.05, 4.69) is 0 Å². The summed E-state index contributed by atoms with van der Waals surface area (Å²) in [4.78, 5) is 28.9. The Morgan fingerprint density at radius 1 is 0.846 bits per heavy atom. The Morgan fingerprint density at radius 3 is 2.27 bits per heavy atom. The van der Waals surface area contributed by atoms with E-state index in [-0.39, 0.29) is 11.8 Å². The van der Waals surface area contributed by atoms with Gasteiger partial charge in [-0.25, -0.2) is 0 Å². The lowest BCUT2D eigenvalue weighted by Gasteiger charge is -2.22. The molecule has 1 heterocycles. The second-order valence-corrected chi connectivity index (χ2v) is 6.60.